The van der Waals surface area contributed by atoms with E-state index in [0.717, 1.165) is 18.5 Å². The summed E-state index contributed by atoms with van der Waals surface area (Å²) in [6.45, 7) is 1.86. The molecule has 3 rings (SSSR count). The van der Waals surface area contributed by atoms with Crippen LogP contribution in [0.1, 0.15) is 39.4 Å². The molecule has 114 valence electrons. The van der Waals surface area contributed by atoms with Crippen molar-refractivity contribution in [2.45, 2.75) is 25.8 Å². The third-order valence-corrected chi connectivity index (χ3v) is 3.65. The van der Waals surface area contributed by atoms with E-state index in [2.05, 4.69) is 20.7 Å². The summed E-state index contributed by atoms with van der Waals surface area (Å²) >= 11 is 0. The highest BCUT2D eigenvalue weighted by Gasteiger charge is 2.24. The Morgan fingerprint density at radius 2 is 2.09 bits per heavy atom. The van der Waals surface area contributed by atoms with Crippen molar-refractivity contribution < 1.29 is 9.59 Å². The van der Waals surface area contributed by atoms with E-state index in [1.54, 1.807) is 24.0 Å². The van der Waals surface area contributed by atoms with Crippen molar-refractivity contribution in [1.29, 1.82) is 0 Å². The molecule has 0 aliphatic heterocycles. The van der Waals surface area contributed by atoms with Crippen molar-refractivity contribution >= 4 is 17.5 Å². The Kier molecular flexibility index (Phi) is 3.62. The van der Waals surface area contributed by atoms with Crippen LogP contribution in [0.3, 0.4) is 0 Å². The number of aromatic nitrogens is 3. The summed E-state index contributed by atoms with van der Waals surface area (Å²) in [7, 11) is 1.80. The summed E-state index contributed by atoms with van der Waals surface area (Å²) < 4.78 is 1.68. The molecule has 2 heterocycles. The fourth-order valence-corrected chi connectivity index (χ4v) is 2.00. The lowest BCUT2D eigenvalue weighted by atomic mass is 10.2. The van der Waals surface area contributed by atoms with Crippen LogP contribution in [-0.2, 0) is 7.05 Å². The second kappa shape index (κ2) is 5.59. The van der Waals surface area contributed by atoms with Crippen LogP contribution in [0.5, 0.6) is 0 Å². The summed E-state index contributed by atoms with van der Waals surface area (Å²) in [5.41, 5.74) is 2.14. The number of pyridine rings is 1. The molecule has 1 saturated carbocycles. The largest absolute Gasteiger partial charge is 0.348 e. The predicted molar refractivity (Wildman–Crippen MR) is 80.6 cm³/mol. The second-order valence-corrected chi connectivity index (χ2v) is 5.40. The van der Waals surface area contributed by atoms with Gasteiger partial charge in [-0.15, -0.1) is 0 Å². The van der Waals surface area contributed by atoms with Gasteiger partial charge < -0.3 is 10.6 Å². The highest BCUT2D eigenvalue weighted by Crippen LogP contribution is 2.19. The average molecular weight is 299 g/mol. The standard InChI is InChI=1S/C15H17N5O2/c1-9-13(8-17-20(9)2)19-14(21)10-5-6-16-12(7-10)15(22)18-11-3-4-11/h5-8,11H,3-4H2,1-2H3,(H,18,22)(H,19,21). The molecule has 0 spiro atoms. The molecule has 1 fully saturated rings. The van der Waals surface area contributed by atoms with Crippen LogP contribution in [0.2, 0.25) is 0 Å². The maximum absolute atomic E-state index is 12.3. The molecule has 7 heteroatoms. The Hall–Kier alpha value is -2.70. The summed E-state index contributed by atoms with van der Waals surface area (Å²) in [6.07, 6.45) is 5.07. The van der Waals surface area contributed by atoms with Crippen LogP contribution >= 0.6 is 0 Å². The molecule has 0 saturated heterocycles. The van der Waals surface area contributed by atoms with Crippen LogP contribution in [0.15, 0.2) is 24.5 Å². The molecule has 0 bridgehead atoms. The zero-order valence-electron chi connectivity index (χ0n) is 12.5. The normalized spacial score (nSPS) is 13.7. The number of hydrogen-bond acceptors (Lipinski definition) is 4. The molecule has 0 unspecified atom stereocenters. The summed E-state index contributed by atoms with van der Waals surface area (Å²) in [6, 6.07) is 3.33. The van der Waals surface area contributed by atoms with E-state index < -0.39 is 0 Å². The Balaban J connectivity index is 1.74. The van der Waals surface area contributed by atoms with Gasteiger partial charge in [0.05, 0.1) is 17.6 Å². The van der Waals surface area contributed by atoms with E-state index in [0.29, 0.717) is 11.3 Å². The number of carbonyl (C=O) groups excluding carboxylic acids is 2. The van der Waals surface area contributed by atoms with Gasteiger partial charge in [-0.3, -0.25) is 19.3 Å². The summed E-state index contributed by atoms with van der Waals surface area (Å²) in [4.78, 5) is 28.3. The molecule has 0 radical (unpaired) electrons. The molecule has 2 amide bonds. The molecular formula is C15H17N5O2. The quantitative estimate of drug-likeness (QED) is 0.889. The Morgan fingerprint density at radius 3 is 2.73 bits per heavy atom. The molecular weight excluding hydrogens is 282 g/mol. The zero-order valence-corrected chi connectivity index (χ0v) is 12.5. The van der Waals surface area contributed by atoms with Gasteiger partial charge in [0, 0.05) is 24.8 Å². The van der Waals surface area contributed by atoms with Gasteiger partial charge in [-0.1, -0.05) is 0 Å². The number of rotatable bonds is 4. The minimum atomic E-state index is -0.293. The Bertz CT molecular complexity index is 733. The molecule has 2 aromatic heterocycles. The second-order valence-electron chi connectivity index (χ2n) is 5.40. The summed E-state index contributed by atoms with van der Waals surface area (Å²) in [5.74, 6) is -0.534. The average Bonchev–Trinajstić information content (AvgIpc) is 3.28. The molecule has 7 nitrogen and oxygen atoms in total. The van der Waals surface area contributed by atoms with Gasteiger partial charge in [-0.25, -0.2) is 0 Å². The van der Waals surface area contributed by atoms with E-state index >= 15 is 0 Å². The Morgan fingerprint density at radius 1 is 1.32 bits per heavy atom. The van der Waals surface area contributed by atoms with Crippen LogP contribution in [-0.4, -0.2) is 32.6 Å². The molecule has 1 aliphatic carbocycles. The first-order chi connectivity index (χ1) is 10.5. The smallest absolute Gasteiger partial charge is 0.270 e. The van der Waals surface area contributed by atoms with E-state index in [1.807, 2.05) is 6.92 Å². The number of anilines is 1. The first-order valence-corrected chi connectivity index (χ1v) is 7.11. The van der Waals surface area contributed by atoms with Gasteiger partial charge in [0.15, 0.2) is 0 Å². The zero-order chi connectivity index (χ0) is 15.7. The fraction of sp³-hybridized carbons (Fsp3) is 0.333. The van der Waals surface area contributed by atoms with Crippen molar-refractivity contribution in [3.63, 3.8) is 0 Å². The molecule has 22 heavy (non-hydrogen) atoms. The predicted octanol–water partition coefficient (Wildman–Crippen LogP) is 1.27. The van der Waals surface area contributed by atoms with Gasteiger partial charge in [0.1, 0.15) is 5.69 Å². The lowest BCUT2D eigenvalue weighted by Gasteiger charge is -2.06. The van der Waals surface area contributed by atoms with Crippen molar-refractivity contribution in [1.82, 2.24) is 20.1 Å². The summed E-state index contributed by atoms with van der Waals surface area (Å²) in [5, 5.41) is 9.71. The minimum absolute atomic E-state index is 0.241. The van der Waals surface area contributed by atoms with E-state index in [1.165, 1.54) is 12.3 Å². The third kappa shape index (κ3) is 2.98. The van der Waals surface area contributed by atoms with Crippen LogP contribution in [0.4, 0.5) is 5.69 Å². The number of amides is 2. The maximum Gasteiger partial charge on any atom is 0.270 e. The van der Waals surface area contributed by atoms with Gasteiger partial charge >= 0.3 is 0 Å². The molecule has 1 aliphatic rings. The molecule has 0 aromatic carbocycles. The first kappa shape index (κ1) is 14.2. The highest BCUT2D eigenvalue weighted by atomic mass is 16.2. The number of aryl methyl sites for hydroxylation is 1. The van der Waals surface area contributed by atoms with Crippen LogP contribution in [0.25, 0.3) is 0 Å². The molecule has 0 atom stereocenters. The molecule has 2 aromatic rings. The number of nitrogens with zero attached hydrogens (tertiary/aromatic N) is 3. The topological polar surface area (TPSA) is 88.9 Å². The monoisotopic (exact) mass is 299 g/mol. The van der Waals surface area contributed by atoms with Gasteiger partial charge in [0.25, 0.3) is 11.8 Å². The van der Waals surface area contributed by atoms with E-state index in [4.69, 9.17) is 0 Å². The van der Waals surface area contributed by atoms with E-state index in [9.17, 15) is 9.59 Å². The lowest BCUT2D eigenvalue weighted by molar-refractivity contribution is 0.0946. The number of hydrogen-bond donors (Lipinski definition) is 2. The van der Waals surface area contributed by atoms with E-state index in [-0.39, 0.29) is 23.6 Å². The van der Waals surface area contributed by atoms with Crippen molar-refractivity contribution in [2.75, 3.05) is 5.32 Å². The van der Waals surface area contributed by atoms with Crippen LogP contribution in [0, 0.1) is 6.92 Å². The van der Waals surface area contributed by atoms with Crippen LogP contribution < -0.4 is 10.6 Å². The maximum atomic E-state index is 12.3. The van der Waals surface area contributed by atoms with Crippen molar-refractivity contribution in [3.05, 3.63) is 41.5 Å². The first-order valence-electron chi connectivity index (χ1n) is 7.11. The lowest BCUT2D eigenvalue weighted by Crippen LogP contribution is -2.26. The number of carbonyl (C=O) groups is 2. The number of nitrogens with one attached hydrogen (secondary N) is 2. The van der Waals surface area contributed by atoms with Gasteiger partial charge in [-0.05, 0) is 31.9 Å². The van der Waals surface area contributed by atoms with Crippen molar-refractivity contribution in [2.24, 2.45) is 7.05 Å². The van der Waals surface area contributed by atoms with Gasteiger partial charge in [-0.2, -0.15) is 5.10 Å². The fourth-order valence-electron chi connectivity index (χ4n) is 2.00. The highest BCUT2D eigenvalue weighted by molar-refractivity contribution is 6.05. The Labute approximate surface area is 127 Å². The molecule has 2 N–H and O–H groups in total. The van der Waals surface area contributed by atoms with Gasteiger partial charge in [0.2, 0.25) is 0 Å². The third-order valence-electron chi connectivity index (χ3n) is 3.65. The minimum Gasteiger partial charge on any atom is -0.348 e. The SMILES string of the molecule is Cc1c(NC(=O)c2ccnc(C(=O)NC3CC3)c2)cnn1C. The van der Waals surface area contributed by atoms with Crippen molar-refractivity contribution in [3.8, 4) is 0 Å².